The maximum Gasteiger partial charge on any atom is 0.325 e. The summed E-state index contributed by atoms with van der Waals surface area (Å²) < 4.78 is 11.4. The fraction of sp³-hybridized carbons (Fsp3) is 0.360. The number of nitrogens with one attached hydrogen (secondary N) is 1. The normalized spacial score (nSPS) is 22.1. The van der Waals surface area contributed by atoms with Gasteiger partial charge in [0.25, 0.3) is 5.91 Å². The SMILES string of the molecule is CC1(c2ccc3c(c2)OCCCO3)NC(=O)N(CC(=O)c2ccc(N3CCCC3=O)cc2)C1=O. The van der Waals surface area contributed by atoms with Gasteiger partial charge >= 0.3 is 6.03 Å². The number of hydrogen-bond donors (Lipinski definition) is 1. The zero-order valence-electron chi connectivity index (χ0n) is 18.8. The van der Waals surface area contributed by atoms with Crippen LogP contribution in [0.15, 0.2) is 42.5 Å². The second-order valence-electron chi connectivity index (χ2n) is 8.78. The molecular formula is C25H25N3O6. The van der Waals surface area contributed by atoms with Gasteiger partial charge in [-0.05, 0) is 55.3 Å². The molecule has 3 heterocycles. The number of benzene rings is 2. The van der Waals surface area contributed by atoms with Crippen molar-refractivity contribution in [3.63, 3.8) is 0 Å². The molecule has 3 aliphatic rings. The van der Waals surface area contributed by atoms with E-state index in [-0.39, 0.29) is 18.2 Å². The van der Waals surface area contributed by atoms with Crippen molar-refractivity contribution in [2.24, 2.45) is 0 Å². The van der Waals surface area contributed by atoms with Crippen LogP contribution in [-0.4, -0.2) is 54.8 Å². The minimum Gasteiger partial charge on any atom is -0.490 e. The van der Waals surface area contributed by atoms with Crippen LogP contribution in [0.4, 0.5) is 10.5 Å². The molecule has 5 rings (SSSR count). The van der Waals surface area contributed by atoms with E-state index < -0.39 is 17.5 Å². The number of ether oxygens (including phenoxy) is 2. The van der Waals surface area contributed by atoms with Crippen molar-refractivity contribution >= 4 is 29.3 Å². The fourth-order valence-electron chi connectivity index (χ4n) is 4.49. The molecule has 1 N–H and O–H groups in total. The first-order valence-corrected chi connectivity index (χ1v) is 11.3. The second kappa shape index (κ2) is 8.48. The summed E-state index contributed by atoms with van der Waals surface area (Å²) in [5.41, 5.74) is 0.308. The lowest BCUT2D eigenvalue weighted by molar-refractivity contribution is -0.130. The van der Waals surface area contributed by atoms with Crippen molar-refractivity contribution in [2.45, 2.75) is 31.7 Å². The summed E-state index contributed by atoms with van der Waals surface area (Å²) in [4.78, 5) is 53.4. The molecule has 9 nitrogen and oxygen atoms in total. The molecule has 0 aromatic heterocycles. The molecule has 0 radical (unpaired) electrons. The summed E-state index contributed by atoms with van der Waals surface area (Å²) in [5.74, 6) is 0.287. The van der Waals surface area contributed by atoms with Crippen LogP contribution in [0.25, 0.3) is 0 Å². The molecule has 0 aliphatic carbocycles. The summed E-state index contributed by atoms with van der Waals surface area (Å²) >= 11 is 0. The van der Waals surface area contributed by atoms with Gasteiger partial charge in [-0.1, -0.05) is 6.07 Å². The van der Waals surface area contributed by atoms with Gasteiger partial charge in [0.05, 0.1) is 19.8 Å². The highest BCUT2D eigenvalue weighted by molar-refractivity contribution is 6.11. The number of carbonyl (C=O) groups is 4. The number of amides is 4. The number of rotatable bonds is 5. The van der Waals surface area contributed by atoms with Crippen LogP contribution in [-0.2, 0) is 15.1 Å². The Morgan fingerprint density at radius 3 is 2.44 bits per heavy atom. The molecule has 34 heavy (non-hydrogen) atoms. The minimum atomic E-state index is -1.33. The number of carbonyl (C=O) groups excluding carboxylic acids is 4. The number of ketones is 1. The Bertz CT molecular complexity index is 1180. The molecule has 0 bridgehead atoms. The highest BCUT2D eigenvalue weighted by Crippen LogP contribution is 2.36. The van der Waals surface area contributed by atoms with Gasteiger partial charge in [0, 0.05) is 30.6 Å². The molecule has 3 aliphatic heterocycles. The molecule has 4 amide bonds. The first kappa shape index (κ1) is 21.9. The first-order valence-electron chi connectivity index (χ1n) is 11.3. The lowest BCUT2D eigenvalue weighted by Gasteiger charge is -2.23. The summed E-state index contributed by atoms with van der Waals surface area (Å²) in [7, 11) is 0. The van der Waals surface area contributed by atoms with E-state index in [0.29, 0.717) is 48.8 Å². The quantitative estimate of drug-likeness (QED) is 0.540. The maximum atomic E-state index is 13.3. The third-order valence-electron chi connectivity index (χ3n) is 6.48. The van der Waals surface area contributed by atoms with Gasteiger partial charge in [0.15, 0.2) is 17.3 Å². The number of Topliss-reactive ketones (excluding diaryl/α,β-unsaturated/α-hetero) is 1. The largest absolute Gasteiger partial charge is 0.490 e. The van der Waals surface area contributed by atoms with E-state index in [1.807, 2.05) is 0 Å². The molecule has 176 valence electrons. The molecule has 1 atom stereocenters. The Labute approximate surface area is 196 Å². The van der Waals surface area contributed by atoms with E-state index in [0.717, 1.165) is 23.4 Å². The average molecular weight is 463 g/mol. The Balaban J connectivity index is 1.32. The molecule has 0 saturated carbocycles. The van der Waals surface area contributed by atoms with Crippen LogP contribution >= 0.6 is 0 Å². The van der Waals surface area contributed by atoms with Crippen LogP contribution in [0.1, 0.15) is 42.1 Å². The van der Waals surface area contributed by atoms with Crippen LogP contribution in [0.5, 0.6) is 11.5 Å². The Morgan fingerprint density at radius 1 is 1.00 bits per heavy atom. The number of fused-ring (bicyclic) bond motifs is 1. The van der Waals surface area contributed by atoms with Gasteiger partial charge in [0.1, 0.15) is 5.54 Å². The van der Waals surface area contributed by atoms with Crippen LogP contribution < -0.4 is 19.7 Å². The predicted octanol–water partition coefficient (Wildman–Crippen LogP) is 2.62. The van der Waals surface area contributed by atoms with E-state index in [1.165, 1.54) is 0 Å². The third-order valence-corrected chi connectivity index (χ3v) is 6.48. The smallest absolute Gasteiger partial charge is 0.325 e. The summed E-state index contributed by atoms with van der Waals surface area (Å²) in [6.45, 7) is 2.93. The number of anilines is 1. The van der Waals surface area contributed by atoms with Crippen molar-refractivity contribution in [3.05, 3.63) is 53.6 Å². The van der Waals surface area contributed by atoms with Gasteiger partial charge in [-0.2, -0.15) is 0 Å². The third kappa shape index (κ3) is 3.76. The highest BCUT2D eigenvalue weighted by atomic mass is 16.5. The predicted molar refractivity (Wildman–Crippen MR) is 122 cm³/mol. The zero-order valence-corrected chi connectivity index (χ0v) is 18.8. The molecule has 9 heteroatoms. The zero-order chi connectivity index (χ0) is 23.9. The van der Waals surface area contributed by atoms with E-state index in [1.54, 1.807) is 54.3 Å². The Hall–Kier alpha value is -3.88. The molecule has 2 aromatic rings. The Kier molecular flexibility index (Phi) is 5.47. The minimum absolute atomic E-state index is 0.0625. The first-order chi connectivity index (χ1) is 16.4. The van der Waals surface area contributed by atoms with Crippen molar-refractivity contribution in [1.82, 2.24) is 10.2 Å². The van der Waals surface area contributed by atoms with E-state index in [4.69, 9.17) is 9.47 Å². The lowest BCUT2D eigenvalue weighted by atomic mass is 9.91. The molecule has 2 saturated heterocycles. The summed E-state index contributed by atoms with van der Waals surface area (Å²) in [6.07, 6.45) is 2.09. The van der Waals surface area contributed by atoms with Crippen molar-refractivity contribution < 1.29 is 28.7 Å². The molecule has 2 fully saturated rings. The fourth-order valence-corrected chi connectivity index (χ4v) is 4.49. The van der Waals surface area contributed by atoms with Gasteiger partial charge in [-0.25, -0.2) is 4.79 Å². The van der Waals surface area contributed by atoms with Gasteiger partial charge in [0.2, 0.25) is 5.91 Å². The van der Waals surface area contributed by atoms with Crippen LogP contribution in [0.2, 0.25) is 0 Å². The maximum absolute atomic E-state index is 13.3. The van der Waals surface area contributed by atoms with E-state index >= 15 is 0 Å². The summed E-state index contributed by atoms with van der Waals surface area (Å²) in [5, 5.41) is 2.72. The lowest BCUT2D eigenvalue weighted by Crippen LogP contribution is -2.41. The van der Waals surface area contributed by atoms with Crippen molar-refractivity contribution in [2.75, 3.05) is 31.2 Å². The molecular weight excluding hydrogens is 438 g/mol. The number of hydrogen-bond acceptors (Lipinski definition) is 6. The van der Waals surface area contributed by atoms with Crippen molar-refractivity contribution in [3.8, 4) is 11.5 Å². The average Bonchev–Trinajstić information content (AvgIpc) is 3.24. The number of urea groups is 1. The van der Waals surface area contributed by atoms with Gasteiger partial charge < -0.3 is 19.7 Å². The van der Waals surface area contributed by atoms with E-state index in [9.17, 15) is 19.2 Å². The molecule has 2 aromatic carbocycles. The second-order valence-corrected chi connectivity index (χ2v) is 8.78. The van der Waals surface area contributed by atoms with Crippen molar-refractivity contribution in [1.29, 1.82) is 0 Å². The number of nitrogens with zero attached hydrogens (tertiary/aromatic N) is 2. The van der Waals surface area contributed by atoms with Crippen LogP contribution in [0.3, 0.4) is 0 Å². The molecule has 1 unspecified atom stereocenters. The Morgan fingerprint density at radius 2 is 1.74 bits per heavy atom. The summed E-state index contributed by atoms with van der Waals surface area (Å²) in [6, 6.07) is 11.2. The van der Waals surface area contributed by atoms with E-state index in [2.05, 4.69) is 5.32 Å². The number of imide groups is 1. The van der Waals surface area contributed by atoms with Crippen LogP contribution in [0, 0.1) is 0 Å². The van der Waals surface area contributed by atoms with Gasteiger partial charge in [-0.3, -0.25) is 19.3 Å². The highest BCUT2D eigenvalue weighted by Gasteiger charge is 2.49. The van der Waals surface area contributed by atoms with Gasteiger partial charge in [-0.15, -0.1) is 0 Å². The standard InChI is InChI=1S/C25H25N3O6/c1-25(17-7-10-20-21(14-17)34-13-3-12-33-20)23(31)28(24(32)26-25)15-19(29)16-5-8-18(9-6-16)27-11-2-4-22(27)30/h5-10,14H,2-4,11-13,15H2,1H3,(H,26,32). The molecule has 0 spiro atoms. The monoisotopic (exact) mass is 463 g/mol. The topological polar surface area (TPSA) is 105 Å².